The van der Waals surface area contributed by atoms with Gasteiger partial charge < -0.3 is 0 Å². The predicted octanol–water partition coefficient (Wildman–Crippen LogP) is 4.41. The molecule has 1 radical (unpaired) electrons. The molecular weight excluding hydrogens is 204 g/mol. The predicted molar refractivity (Wildman–Crippen MR) is 74.2 cm³/mol. The molecule has 0 aliphatic rings. The summed E-state index contributed by atoms with van der Waals surface area (Å²) in [6.07, 6.45) is 3.31. The molecule has 0 saturated heterocycles. The van der Waals surface area contributed by atoms with E-state index < -0.39 is 0 Å². The summed E-state index contributed by atoms with van der Waals surface area (Å²) in [4.78, 5) is 0. The van der Waals surface area contributed by atoms with Crippen LogP contribution in [0, 0.1) is 27.2 Å². The minimum absolute atomic E-state index is 1.02. The maximum atomic E-state index is 2.30. The summed E-state index contributed by atoms with van der Waals surface area (Å²) < 4.78 is 0. The van der Waals surface area contributed by atoms with Gasteiger partial charge in [0.1, 0.15) is 0 Å². The lowest BCUT2D eigenvalue weighted by molar-refractivity contribution is 1.10. The van der Waals surface area contributed by atoms with Crippen LogP contribution in [0.4, 0.5) is 0 Å². The van der Waals surface area contributed by atoms with Crippen molar-refractivity contribution in [2.24, 2.45) is 0 Å². The monoisotopic (exact) mass is 223 g/mol. The molecule has 0 aromatic heterocycles. The molecule has 0 saturated carbocycles. The van der Waals surface area contributed by atoms with Gasteiger partial charge in [0.25, 0.3) is 0 Å². The molecule has 0 unspecified atom stereocenters. The second-order valence-electron chi connectivity index (χ2n) is 4.70. The molecule has 0 bridgehead atoms. The Bertz CT molecular complexity index is 472. The molecular formula is C17H19. The highest BCUT2D eigenvalue weighted by atomic mass is 14.1. The van der Waals surface area contributed by atoms with Crippen LogP contribution in [0.1, 0.15) is 27.8 Å². The third-order valence-corrected chi connectivity index (χ3v) is 3.18. The van der Waals surface area contributed by atoms with E-state index in [9.17, 15) is 0 Å². The highest BCUT2D eigenvalue weighted by Crippen LogP contribution is 2.19. The molecule has 0 N–H and O–H groups in total. The van der Waals surface area contributed by atoms with E-state index in [0.717, 1.165) is 6.42 Å². The molecule has 0 heteroatoms. The number of hydrogen-bond donors (Lipinski definition) is 0. The summed E-state index contributed by atoms with van der Waals surface area (Å²) in [5.41, 5.74) is 6.90. The number of rotatable bonds is 3. The highest BCUT2D eigenvalue weighted by Gasteiger charge is 2.04. The molecule has 0 amide bonds. The number of aryl methyl sites for hydroxylation is 3. The molecule has 0 fully saturated rings. The Balaban J connectivity index is 2.15. The molecule has 2 aromatic carbocycles. The van der Waals surface area contributed by atoms with Crippen molar-refractivity contribution in [3.05, 3.63) is 76.7 Å². The third kappa shape index (κ3) is 2.97. The van der Waals surface area contributed by atoms with Crippen LogP contribution in [-0.4, -0.2) is 0 Å². The van der Waals surface area contributed by atoms with Gasteiger partial charge in [0.05, 0.1) is 0 Å². The largest absolute Gasteiger partial charge is 0.0622 e. The zero-order chi connectivity index (χ0) is 12.3. The van der Waals surface area contributed by atoms with Crippen molar-refractivity contribution < 1.29 is 0 Å². The summed E-state index contributed by atoms with van der Waals surface area (Å²) in [5.74, 6) is 0. The van der Waals surface area contributed by atoms with Gasteiger partial charge in [0.15, 0.2) is 0 Å². The van der Waals surface area contributed by atoms with Crippen LogP contribution in [0.2, 0.25) is 0 Å². The van der Waals surface area contributed by atoms with Crippen LogP contribution in [0.3, 0.4) is 0 Å². The maximum absolute atomic E-state index is 2.30. The molecule has 0 heterocycles. The minimum atomic E-state index is 1.02. The van der Waals surface area contributed by atoms with Crippen molar-refractivity contribution in [3.63, 3.8) is 0 Å². The van der Waals surface area contributed by atoms with E-state index in [2.05, 4.69) is 69.7 Å². The maximum Gasteiger partial charge on any atom is -0.00492 e. The van der Waals surface area contributed by atoms with Gasteiger partial charge >= 0.3 is 0 Å². The molecule has 2 aromatic rings. The van der Waals surface area contributed by atoms with E-state index in [-0.39, 0.29) is 0 Å². The molecule has 17 heavy (non-hydrogen) atoms. The van der Waals surface area contributed by atoms with Crippen LogP contribution in [0.25, 0.3) is 0 Å². The lowest BCUT2D eigenvalue weighted by Gasteiger charge is -2.11. The Morgan fingerprint density at radius 2 is 1.47 bits per heavy atom. The standard InChI is InChI=1S/C17H19/c1-13-11-14(2)17(15(3)12-13)10-9-16-7-5-4-6-8-16/h4-9,11-12H,10H2,1-3H3. The summed E-state index contributed by atoms with van der Waals surface area (Å²) >= 11 is 0. The fourth-order valence-electron chi connectivity index (χ4n) is 2.34. The van der Waals surface area contributed by atoms with E-state index in [1.54, 1.807) is 0 Å². The Kier molecular flexibility index (Phi) is 3.63. The van der Waals surface area contributed by atoms with Gasteiger partial charge in [-0.3, -0.25) is 0 Å². The molecule has 2 rings (SSSR count). The number of hydrogen-bond acceptors (Lipinski definition) is 0. The van der Waals surface area contributed by atoms with E-state index >= 15 is 0 Å². The van der Waals surface area contributed by atoms with E-state index in [1.807, 2.05) is 0 Å². The molecule has 0 nitrogen and oxygen atoms in total. The van der Waals surface area contributed by atoms with Crippen LogP contribution in [0.5, 0.6) is 0 Å². The summed E-state index contributed by atoms with van der Waals surface area (Å²) in [5, 5.41) is 0. The first-order chi connectivity index (χ1) is 8.16. The second kappa shape index (κ2) is 5.18. The SMILES string of the molecule is Cc1cc(C)c(C[CH]c2ccccc2)c(C)c1. The summed E-state index contributed by atoms with van der Waals surface area (Å²) in [6.45, 7) is 6.56. The topological polar surface area (TPSA) is 0 Å². The fourth-order valence-corrected chi connectivity index (χ4v) is 2.34. The van der Waals surface area contributed by atoms with Gasteiger partial charge in [-0.1, -0.05) is 48.0 Å². The van der Waals surface area contributed by atoms with E-state index in [0.29, 0.717) is 0 Å². The van der Waals surface area contributed by atoms with Crippen molar-refractivity contribution >= 4 is 0 Å². The molecule has 87 valence electrons. The number of benzene rings is 2. The first-order valence-corrected chi connectivity index (χ1v) is 6.12. The first kappa shape index (κ1) is 11.9. The van der Waals surface area contributed by atoms with Gasteiger partial charge in [-0.05, 0) is 55.9 Å². The average molecular weight is 223 g/mol. The molecule has 0 aliphatic carbocycles. The Morgan fingerprint density at radius 3 is 2.06 bits per heavy atom. The van der Waals surface area contributed by atoms with Crippen LogP contribution < -0.4 is 0 Å². The molecule has 0 aliphatic heterocycles. The first-order valence-electron chi connectivity index (χ1n) is 6.12. The van der Waals surface area contributed by atoms with Crippen LogP contribution in [-0.2, 0) is 6.42 Å². The van der Waals surface area contributed by atoms with Gasteiger partial charge in [-0.2, -0.15) is 0 Å². The van der Waals surface area contributed by atoms with E-state index in [1.165, 1.54) is 27.8 Å². The van der Waals surface area contributed by atoms with Crippen LogP contribution in [0.15, 0.2) is 42.5 Å². The third-order valence-electron chi connectivity index (χ3n) is 3.18. The lowest BCUT2D eigenvalue weighted by Crippen LogP contribution is -1.96. The normalized spacial score (nSPS) is 10.5. The van der Waals surface area contributed by atoms with Crippen molar-refractivity contribution in [2.75, 3.05) is 0 Å². The minimum Gasteiger partial charge on any atom is -0.0622 e. The van der Waals surface area contributed by atoms with Crippen molar-refractivity contribution in [3.8, 4) is 0 Å². The zero-order valence-corrected chi connectivity index (χ0v) is 10.8. The Morgan fingerprint density at radius 1 is 0.882 bits per heavy atom. The Hall–Kier alpha value is -1.56. The molecule has 0 atom stereocenters. The average Bonchev–Trinajstić information content (AvgIpc) is 2.29. The van der Waals surface area contributed by atoms with E-state index in [4.69, 9.17) is 0 Å². The van der Waals surface area contributed by atoms with Crippen LogP contribution >= 0.6 is 0 Å². The lowest BCUT2D eigenvalue weighted by atomic mass is 9.94. The highest BCUT2D eigenvalue weighted by molar-refractivity contribution is 5.39. The smallest absolute Gasteiger partial charge is 0.00492 e. The summed E-state index contributed by atoms with van der Waals surface area (Å²) in [6, 6.07) is 15.1. The van der Waals surface area contributed by atoms with Gasteiger partial charge in [0, 0.05) is 0 Å². The van der Waals surface area contributed by atoms with Gasteiger partial charge in [0.2, 0.25) is 0 Å². The quantitative estimate of drug-likeness (QED) is 0.723. The van der Waals surface area contributed by atoms with Crippen molar-refractivity contribution in [1.29, 1.82) is 0 Å². The van der Waals surface area contributed by atoms with Crippen molar-refractivity contribution in [2.45, 2.75) is 27.2 Å². The zero-order valence-electron chi connectivity index (χ0n) is 10.8. The van der Waals surface area contributed by atoms with Gasteiger partial charge in [-0.15, -0.1) is 0 Å². The van der Waals surface area contributed by atoms with Gasteiger partial charge in [-0.25, -0.2) is 0 Å². The second-order valence-corrected chi connectivity index (χ2v) is 4.70. The molecule has 0 spiro atoms. The van der Waals surface area contributed by atoms with Crippen molar-refractivity contribution in [1.82, 2.24) is 0 Å². The fraction of sp³-hybridized carbons (Fsp3) is 0.235. The summed E-state index contributed by atoms with van der Waals surface area (Å²) in [7, 11) is 0. The Labute approximate surface area is 104 Å².